The van der Waals surface area contributed by atoms with Crippen molar-refractivity contribution in [2.45, 2.75) is 10.8 Å². The van der Waals surface area contributed by atoms with Crippen LogP contribution in [-0.4, -0.2) is 0 Å². The molecule has 0 unspecified atom stereocenters. The summed E-state index contributed by atoms with van der Waals surface area (Å²) < 4.78 is 1.11. The number of nitrogens with one attached hydrogen (secondary N) is 1. The Kier molecular flexibility index (Phi) is 13.6. The van der Waals surface area contributed by atoms with E-state index in [0.29, 0.717) is 0 Å². The van der Waals surface area contributed by atoms with Gasteiger partial charge in [0.25, 0.3) is 0 Å². The minimum atomic E-state index is -0.386. The van der Waals surface area contributed by atoms with E-state index in [0.717, 1.165) is 21.5 Å². The van der Waals surface area contributed by atoms with Crippen LogP contribution >= 0.6 is 15.9 Å². The second-order valence-electron chi connectivity index (χ2n) is 19.6. The van der Waals surface area contributed by atoms with E-state index < -0.39 is 0 Å². The fraction of sp³-hybridized carbons (Fsp3) is 0.0270. The molecule has 0 atom stereocenters. The van der Waals surface area contributed by atoms with Crippen LogP contribution in [0.2, 0.25) is 0 Å². The van der Waals surface area contributed by atoms with Gasteiger partial charge in [0.1, 0.15) is 0 Å². The number of hydrogen-bond donors (Lipinski definition) is 2. The fourth-order valence-electron chi connectivity index (χ4n) is 11.8. The van der Waals surface area contributed by atoms with E-state index in [-0.39, 0.29) is 10.8 Å². The van der Waals surface area contributed by atoms with Crippen LogP contribution in [-0.2, 0) is 10.8 Å². The minimum absolute atomic E-state index is 0.293. The third kappa shape index (κ3) is 9.15. The number of benzene rings is 12. The summed E-state index contributed by atoms with van der Waals surface area (Å²) in [5, 5.41) is 3.68. The summed E-state index contributed by atoms with van der Waals surface area (Å²) in [5.74, 6) is 0. The van der Waals surface area contributed by atoms with Crippen LogP contribution in [0.3, 0.4) is 0 Å². The average Bonchev–Trinajstić information content (AvgIpc) is 4.04. The van der Waals surface area contributed by atoms with E-state index in [1.807, 2.05) is 42.5 Å². The van der Waals surface area contributed by atoms with Crippen LogP contribution in [0.1, 0.15) is 44.5 Å². The lowest BCUT2D eigenvalue weighted by molar-refractivity contribution is 0.768. The van der Waals surface area contributed by atoms with Crippen molar-refractivity contribution >= 4 is 33.0 Å². The standard InChI is InChI=1S/C37H27N.C25H17Br.C12H11N/c1-4-12-27(13-5-1)28-20-22-31(23-21-28)38-32-24-25-34-33-18-10-11-19-35(33)37(36(34)26-32,29-14-6-2-7-15-29)30-16-8-3-9-17-30;26-20-15-16-22-21-13-7-8-14-23(21)25(24(22)17-20,18-9-3-1-4-10-18)19-11-5-2-6-12-19;13-12-8-6-11(7-9-12)10-4-2-1-3-5-10/h1-26,38H;1-17H;1-9H,13H2. The van der Waals surface area contributed by atoms with E-state index >= 15 is 0 Å². The lowest BCUT2D eigenvalue weighted by atomic mass is 9.67. The molecule has 0 saturated carbocycles. The third-order valence-corrected chi connectivity index (χ3v) is 15.7. The number of nitrogen functional groups attached to an aromatic ring is 1. The van der Waals surface area contributed by atoms with Crippen LogP contribution < -0.4 is 11.1 Å². The fourth-order valence-corrected chi connectivity index (χ4v) is 12.1. The molecule has 0 bridgehead atoms. The molecule has 2 aliphatic rings. The Hall–Kier alpha value is -9.28. The van der Waals surface area contributed by atoms with Crippen molar-refractivity contribution < 1.29 is 0 Å². The van der Waals surface area contributed by atoms with Gasteiger partial charge in [-0.3, -0.25) is 0 Å². The van der Waals surface area contributed by atoms with Gasteiger partial charge in [0.2, 0.25) is 0 Å². The Morgan fingerprint density at radius 2 is 0.571 bits per heavy atom. The molecule has 3 N–H and O–H groups in total. The predicted molar refractivity (Wildman–Crippen MR) is 327 cm³/mol. The summed E-state index contributed by atoms with van der Waals surface area (Å²) in [6.07, 6.45) is 0. The molecule has 0 aromatic heterocycles. The first kappa shape index (κ1) is 48.6. The topological polar surface area (TPSA) is 38.0 Å². The van der Waals surface area contributed by atoms with Gasteiger partial charge < -0.3 is 11.1 Å². The summed E-state index contributed by atoms with van der Waals surface area (Å²) >= 11 is 3.71. The molecule has 0 spiro atoms. The van der Waals surface area contributed by atoms with E-state index in [2.05, 4.69) is 294 Å². The molecular weight excluding hydrogens is 997 g/mol. The number of nitrogens with two attached hydrogens (primary N) is 1. The molecule has 0 fully saturated rings. The molecule has 0 amide bonds. The van der Waals surface area contributed by atoms with Gasteiger partial charge in [-0.25, -0.2) is 0 Å². The van der Waals surface area contributed by atoms with E-state index in [9.17, 15) is 0 Å². The molecule has 0 heterocycles. The van der Waals surface area contributed by atoms with Crippen molar-refractivity contribution in [3.8, 4) is 44.5 Å². The van der Waals surface area contributed by atoms with Gasteiger partial charge in [0, 0.05) is 21.5 Å². The van der Waals surface area contributed by atoms with Crippen LogP contribution in [0.15, 0.2) is 320 Å². The maximum atomic E-state index is 5.60. The molecule has 2 aliphatic carbocycles. The first-order valence-corrected chi connectivity index (χ1v) is 27.0. The summed E-state index contributed by atoms with van der Waals surface area (Å²) in [4.78, 5) is 0. The molecule has 2 nitrogen and oxygen atoms in total. The number of hydrogen-bond acceptors (Lipinski definition) is 2. The van der Waals surface area contributed by atoms with Crippen LogP contribution in [0, 0.1) is 0 Å². The van der Waals surface area contributed by atoms with E-state index in [1.165, 1.54) is 89.0 Å². The third-order valence-electron chi connectivity index (χ3n) is 15.2. The van der Waals surface area contributed by atoms with Crippen molar-refractivity contribution in [2.75, 3.05) is 11.1 Å². The van der Waals surface area contributed by atoms with Gasteiger partial charge in [-0.1, -0.05) is 283 Å². The smallest absolute Gasteiger partial charge is 0.0714 e. The lowest BCUT2D eigenvalue weighted by Gasteiger charge is -2.34. The van der Waals surface area contributed by atoms with Gasteiger partial charge in [-0.15, -0.1) is 0 Å². The Labute approximate surface area is 461 Å². The zero-order valence-corrected chi connectivity index (χ0v) is 44.1. The molecule has 77 heavy (non-hydrogen) atoms. The quantitative estimate of drug-likeness (QED) is 0.149. The summed E-state index contributed by atoms with van der Waals surface area (Å²) in [6.45, 7) is 0. The predicted octanol–water partition coefficient (Wildman–Crippen LogP) is 19.2. The van der Waals surface area contributed by atoms with Crippen molar-refractivity contribution in [3.05, 3.63) is 364 Å². The summed E-state index contributed by atoms with van der Waals surface area (Å²) in [5.41, 5.74) is 28.5. The van der Waals surface area contributed by atoms with Gasteiger partial charge >= 0.3 is 0 Å². The second-order valence-corrected chi connectivity index (χ2v) is 20.5. The van der Waals surface area contributed by atoms with Crippen LogP contribution in [0.4, 0.5) is 17.1 Å². The van der Waals surface area contributed by atoms with Crippen molar-refractivity contribution in [1.82, 2.24) is 0 Å². The molecule has 368 valence electrons. The van der Waals surface area contributed by atoms with Crippen molar-refractivity contribution in [1.29, 1.82) is 0 Å². The Balaban J connectivity index is 0.000000131. The SMILES string of the molecule is Brc1ccc2c(c1)C(c1ccccc1)(c1ccccc1)c1ccccc1-2.Nc1ccc(-c2ccccc2)cc1.c1ccc(-c2ccc(Nc3ccc4c(c3)C(c3ccccc3)(c3ccccc3)c3ccccc3-4)cc2)cc1. The Morgan fingerprint density at radius 1 is 0.260 bits per heavy atom. The van der Waals surface area contributed by atoms with Crippen molar-refractivity contribution in [2.24, 2.45) is 0 Å². The van der Waals surface area contributed by atoms with Crippen LogP contribution in [0.25, 0.3) is 44.5 Å². The molecule has 0 radical (unpaired) electrons. The molecular formula is C74H55BrN2. The zero-order valence-electron chi connectivity index (χ0n) is 42.5. The number of halogens is 1. The maximum absolute atomic E-state index is 5.60. The van der Waals surface area contributed by atoms with Gasteiger partial charge in [0.05, 0.1) is 10.8 Å². The highest BCUT2D eigenvalue weighted by Crippen LogP contribution is 2.58. The van der Waals surface area contributed by atoms with E-state index in [1.54, 1.807) is 0 Å². The Morgan fingerprint density at radius 3 is 1.00 bits per heavy atom. The van der Waals surface area contributed by atoms with Crippen LogP contribution in [0.5, 0.6) is 0 Å². The average molecular weight is 1050 g/mol. The minimum Gasteiger partial charge on any atom is -0.399 e. The molecule has 0 saturated heterocycles. The maximum Gasteiger partial charge on any atom is 0.0714 e. The Bertz CT molecular complexity index is 3840. The first-order chi connectivity index (χ1) is 38.0. The van der Waals surface area contributed by atoms with E-state index in [4.69, 9.17) is 5.73 Å². The number of anilines is 3. The van der Waals surface area contributed by atoms with Gasteiger partial charge in [-0.2, -0.15) is 0 Å². The van der Waals surface area contributed by atoms with Gasteiger partial charge in [0.15, 0.2) is 0 Å². The highest BCUT2D eigenvalue weighted by atomic mass is 79.9. The number of rotatable bonds is 8. The first-order valence-electron chi connectivity index (χ1n) is 26.2. The zero-order chi connectivity index (χ0) is 52.0. The highest BCUT2D eigenvalue weighted by Gasteiger charge is 2.47. The summed E-state index contributed by atoms with van der Waals surface area (Å²) in [7, 11) is 0. The highest BCUT2D eigenvalue weighted by molar-refractivity contribution is 9.10. The monoisotopic (exact) mass is 1050 g/mol. The lowest BCUT2D eigenvalue weighted by Crippen LogP contribution is -2.28. The largest absolute Gasteiger partial charge is 0.399 e. The molecule has 12 aromatic carbocycles. The molecule has 0 aliphatic heterocycles. The van der Waals surface area contributed by atoms with Gasteiger partial charge in [-0.05, 0) is 138 Å². The molecule has 14 rings (SSSR count). The van der Waals surface area contributed by atoms with Crippen molar-refractivity contribution in [3.63, 3.8) is 0 Å². The second kappa shape index (κ2) is 21.5. The normalized spacial score (nSPS) is 12.7. The molecule has 3 heteroatoms. The molecule has 12 aromatic rings. The summed E-state index contributed by atoms with van der Waals surface area (Å²) in [6, 6.07) is 112. The number of fused-ring (bicyclic) bond motifs is 6.